The Kier molecular flexibility index (Phi) is 2.98. The highest BCUT2D eigenvalue weighted by atomic mass is 16.5. The maximum Gasteiger partial charge on any atom is 0.297 e. The minimum absolute atomic E-state index is 0.168. The summed E-state index contributed by atoms with van der Waals surface area (Å²) in [7, 11) is 0. The third-order valence-corrected chi connectivity index (χ3v) is 3.07. The smallest absolute Gasteiger partial charge is 0.297 e. The van der Waals surface area contributed by atoms with Crippen LogP contribution in [0.4, 0.5) is 0 Å². The van der Waals surface area contributed by atoms with E-state index < -0.39 is 0 Å². The summed E-state index contributed by atoms with van der Waals surface area (Å²) in [6, 6.07) is 7.50. The molecule has 1 atom stereocenters. The lowest BCUT2D eigenvalue weighted by atomic mass is 10.1. The first-order valence-electron chi connectivity index (χ1n) is 6.02. The van der Waals surface area contributed by atoms with Crippen LogP contribution < -0.4 is 10.3 Å². The number of para-hydroxylation sites is 1. The van der Waals surface area contributed by atoms with Crippen molar-refractivity contribution in [2.45, 2.75) is 6.42 Å². The van der Waals surface area contributed by atoms with E-state index in [1.54, 1.807) is 12.1 Å². The molecule has 0 aliphatic carbocycles. The Hall–Kier alpha value is -1.88. The summed E-state index contributed by atoms with van der Waals surface area (Å²) in [5.74, 6) is 0.391. The van der Waals surface area contributed by atoms with Crippen LogP contribution in [-0.2, 0) is 4.74 Å². The number of nitrogens with zero attached hydrogens (tertiary/aromatic N) is 1. The zero-order valence-corrected chi connectivity index (χ0v) is 9.89. The number of ether oxygens (including phenoxy) is 2. The van der Waals surface area contributed by atoms with Crippen LogP contribution in [0.25, 0.3) is 10.9 Å². The Morgan fingerprint density at radius 1 is 1.44 bits per heavy atom. The average Bonchev–Trinajstić information content (AvgIpc) is 2.90. The van der Waals surface area contributed by atoms with Gasteiger partial charge >= 0.3 is 0 Å². The molecule has 0 spiro atoms. The van der Waals surface area contributed by atoms with E-state index in [0.29, 0.717) is 23.4 Å². The number of hydrogen-bond acceptors (Lipinski definition) is 4. The molecule has 1 unspecified atom stereocenters. The van der Waals surface area contributed by atoms with Gasteiger partial charge in [0.2, 0.25) is 0 Å². The Bertz CT molecular complexity index is 602. The molecule has 0 radical (unpaired) electrons. The molecule has 1 N–H and O–H groups in total. The van der Waals surface area contributed by atoms with Crippen LogP contribution in [-0.4, -0.2) is 29.8 Å². The molecular weight excluding hydrogens is 232 g/mol. The molecule has 1 aromatic heterocycles. The van der Waals surface area contributed by atoms with E-state index in [0.717, 1.165) is 19.6 Å². The number of nitrogens with one attached hydrogen (secondary N) is 1. The zero-order valence-electron chi connectivity index (χ0n) is 9.89. The van der Waals surface area contributed by atoms with Gasteiger partial charge < -0.3 is 9.47 Å². The van der Waals surface area contributed by atoms with Crippen molar-refractivity contribution in [3.8, 4) is 6.01 Å². The zero-order chi connectivity index (χ0) is 12.4. The van der Waals surface area contributed by atoms with E-state index in [4.69, 9.17) is 9.47 Å². The van der Waals surface area contributed by atoms with Crippen LogP contribution in [0.15, 0.2) is 29.1 Å². The monoisotopic (exact) mass is 246 g/mol. The normalized spacial score (nSPS) is 19.2. The van der Waals surface area contributed by atoms with E-state index in [-0.39, 0.29) is 11.6 Å². The average molecular weight is 246 g/mol. The maximum atomic E-state index is 11.8. The quantitative estimate of drug-likeness (QED) is 0.887. The Balaban J connectivity index is 1.81. The van der Waals surface area contributed by atoms with Crippen molar-refractivity contribution in [3.05, 3.63) is 34.6 Å². The Morgan fingerprint density at radius 2 is 2.33 bits per heavy atom. The lowest BCUT2D eigenvalue weighted by Gasteiger charge is -2.09. The van der Waals surface area contributed by atoms with Crippen LogP contribution in [0, 0.1) is 5.92 Å². The molecule has 5 heteroatoms. The lowest BCUT2D eigenvalue weighted by molar-refractivity contribution is 0.163. The Morgan fingerprint density at radius 3 is 3.17 bits per heavy atom. The number of aromatic amines is 1. The van der Waals surface area contributed by atoms with Crippen molar-refractivity contribution < 1.29 is 9.47 Å². The highest BCUT2D eigenvalue weighted by Gasteiger charge is 2.16. The number of H-pyrrole nitrogens is 1. The summed E-state index contributed by atoms with van der Waals surface area (Å²) in [5.41, 5.74) is 0.484. The van der Waals surface area contributed by atoms with Gasteiger partial charge in [0.15, 0.2) is 0 Å². The van der Waals surface area contributed by atoms with Gasteiger partial charge in [0, 0.05) is 12.5 Å². The number of aromatic nitrogens is 2. The van der Waals surface area contributed by atoms with Crippen molar-refractivity contribution in [2.24, 2.45) is 5.92 Å². The molecule has 0 bridgehead atoms. The van der Waals surface area contributed by atoms with Crippen LogP contribution in [0.2, 0.25) is 0 Å². The summed E-state index contributed by atoms with van der Waals surface area (Å²) in [4.78, 5) is 18.7. The van der Waals surface area contributed by atoms with E-state index in [9.17, 15) is 4.79 Å². The summed E-state index contributed by atoms with van der Waals surface area (Å²) < 4.78 is 10.8. The second-order valence-electron chi connectivity index (χ2n) is 4.43. The van der Waals surface area contributed by atoms with Gasteiger partial charge in [-0.2, -0.15) is 4.98 Å². The second-order valence-corrected chi connectivity index (χ2v) is 4.43. The molecule has 1 aliphatic heterocycles. The van der Waals surface area contributed by atoms with Crippen LogP contribution in [0.1, 0.15) is 6.42 Å². The first-order valence-corrected chi connectivity index (χ1v) is 6.02. The van der Waals surface area contributed by atoms with Crippen molar-refractivity contribution >= 4 is 10.9 Å². The van der Waals surface area contributed by atoms with E-state index in [2.05, 4.69) is 9.97 Å². The van der Waals surface area contributed by atoms with Crippen molar-refractivity contribution in [3.63, 3.8) is 0 Å². The fraction of sp³-hybridized carbons (Fsp3) is 0.385. The highest BCUT2D eigenvalue weighted by Crippen LogP contribution is 2.14. The minimum Gasteiger partial charge on any atom is -0.464 e. The first-order chi connectivity index (χ1) is 8.83. The largest absolute Gasteiger partial charge is 0.464 e. The predicted octanol–water partition coefficient (Wildman–Crippen LogP) is 1.34. The summed E-state index contributed by atoms with van der Waals surface area (Å²) >= 11 is 0. The molecule has 0 saturated carbocycles. The van der Waals surface area contributed by atoms with Crippen molar-refractivity contribution in [2.75, 3.05) is 19.8 Å². The fourth-order valence-corrected chi connectivity index (χ4v) is 2.04. The number of rotatable bonds is 3. The molecule has 94 valence electrons. The van der Waals surface area contributed by atoms with Gasteiger partial charge in [0.05, 0.1) is 24.1 Å². The van der Waals surface area contributed by atoms with E-state index >= 15 is 0 Å². The second kappa shape index (κ2) is 4.78. The summed E-state index contributed by atoms with van der Waals surface area (Å²) in [6.07, 6.45) is 0.998. The highest BCUT2D eigenvalue weighted by molar-refractivity contribution is 5.77. The molecule has 18 heavy (non-hydrogen) atoms. The van der Waals surface area contributed by atoms with Crippen LogP contribution >= 0.6 is 0 Å². The maximum absolute atomic E-state index is 11.8. The summed E-state index contributed by atoms with van der Waals surface area (Å²) in [5, 5.41) is 0.578. The van der Waals surface area contributed by atoms with Crippen molar-refractivity contribution in [1.82, 2.24) is 9.97 Å². The first kappa shape index (κ1) is 11.2. The van der Waals surface area contributed by atoms with Gasteiger partial charge in [-0.05, 0) is 18.6 Å². The standard InChI is InChI=1S/C13H14N2O3/c16-12-10-3-1-2-4-11(10)14-13(15-12)18-8-9-5-6-17-7-9/h1-4,9H,5-8H2,(H,14,15,16). The van der Waals surface area contributed by atoms with Gasteiger partial charge in [-0.25, -0.2) is 0 Å². The molecule has 2 heterocycles. The van der Waals surface area contributed by atoms with E-state index in [1.165, 1.54) is 0 Å². The third-order valence-electron chi connectivity index (χ3n) is 3.07. The lowest BCUT2D eigenvalue weighted by Crippen LogP contribution is -2.16. The fourth-order valence-electron chi connectivity index (χ4n) is 2.04. The topological polar surface area (TPSA) is 64.2 Å². The van der Waals surface area contributed by atoms with Crippen LogP contribution in [0.3, 0.4) is 0 Å². The molecule has 1 aromatic carbocycles. The van der Waals surface area contributed by atoms with Gasteiger partial charge in [-0.3, -0.25) is 9.78 Å². The molecule has 3 rings (SSSR count). The summed E-state index contributed by atoms with van der Waals surface area (Å²) in [6.45, 7) is 2.04. The molecule has 1 aliphatic rings. The molecule has 2 aromatic rings. The molecule has 5 nitrogen and oxygen atoms in total. The predicted molar refractivity (Wildman–Crippen MR) is 66.8 cm³/mol. The molecule has 1 saturated heterocycles. The minimum atomic E-state index is -0.168. The Labute approximate surface area is 104 Å². The van der Waals surface area contributed by atoms with Crippen LogP contribution in [0.5, 0.6) is 6.01 Å². The number of fused-ring (bicyclic) bond motifs is 1. The number of benzene rings is 1. The molecule has 0 amide bonds. The number of hydrogen-bond donors (Lipinski definition) is 1. The van der Waals surface area contributed by atoms with Gasteiger partial charge in [-0.1, -0.05) is 12.1 Å². The van der Waals surface area contributed by atoms with Crippen molar-refractivity contribution in [1.29, 1.82) is 0 Å². The van der Waals surface area contributed by atoms with Gasteiger partial charge in [0.1, 0.15) is 0 Å². The van der Waals surface area contributed by atoms with Gasteiger partial charge in [0.25, 0.3) is 11.6 Å². The van der Waals surface area contributed by atoms with Gasteiger partial charge in [-0.15, -0.1) is 0 Å². The molecular formula is C13H14N2O3. The molecule has 1 fully saturated rings. The SMILES string of the molecule is O=c1[nH]c(OCC2CCOC2)nc2ccccc12. The third kappa shape index (κ3) is 2.22. The van der Waals surface area contributed by atoms with E-state index in [1.807, 2.05) is 12.1 Å².